The van der Waals surface area contributed by atoms with Gasteiger partial charge in [-0.25, -0.2) is 8.78 Å². The highest BCUT2D eigenvalue weighted by atomic mass is 19.1. The van der Waals surface area contributed by atoms with Crippen LogP contribution in [0.25, 0.3) is 10.8 Å². The van der Waals surface area contributed by atoms with Gasteiger partial charge in [0.05, 0.1) is 12.5 Å². The van der Waals surface area contributed by atoms with Gasteiger partial charge >= 0.3 is 0 Å². The molecule has 2 aliphatic rings. The third-order valence-corrected chi connectivity index (χ3v) is 8.12. The summed E-state index contributed by atoms with van der Waals surface area (Å²) >= 11 is 0. The number of halogens is 2. The summed E-state index contributed by atoms with van der Waals surface area (Å²) < 4.78 is 35.1. The average Bonchev–Trinajstić information content (AvgIpc) is 2.78. The Hall–Kier alpha value is -1.64. The van der Waals surface area contributed by atoms with Crippen LogP contribution in [0.3, 0.4) is 0 Å². The second-order valence-electron chi connectivity index (χ2n) is 10.1. The minimum atomic E-state index is -0.526. The van der Waals surface area contributed by atoms with Gasteiger partial charge < -0.3 is 4.74 Å². The maximum atomic E-state index is 15.4. The summed E-state index contributed by atoms with van der Waals surface area (Å²) in [4.78, 5) is 0. The molecule has 4 unspecified atom stereocenters. The number of fused-ring (bicyclic) bond motifs is 2. The molecule has 0 heterocycles. The van der Waals surface area contributed by atoms with Crippen LogP contribution < -0.4 is 4.74 Å². The lowest BCUT2D eigenvalue weighted by Crippen LogP contribution is -2.30. The fourth-order valence-electron chi connectivity index (χ4n) is 6.36. The fourth-order valence-corrected chi connectivity index (χ4v) is 6.36. The second-order valence-corrected chi connectivity index (χ2v) is 10.1. The highest BCUT2D eigenvalue weighted by Gasteiger charge is 2.36. The first-order chi connectivity index (χ1) is 15.1. The van der Waals surface area contributed by atoms with Gasteiger partial charge in [-0.3, -0.25) is 0 Å². The predicted octanol–water partition coefficient (Wildman–Crippen LogP) is 8.79. The average molecular weight is 429 g/mol. The van der Waals surface area contributed by atoms with Crippen molar-refractivity contribution in [3.63, 3.8) is 0 Å². The molecule has 0 saturated heterocycles. The molecule has 2 fully saturated rings. The summed E-state index contributed by atoms with van der Waals surface area (Å²) in [7, 11) is 1.50. The van der Waals surface area contributed by atoms with Gasteiger partial charge in [-0.2, -0.15) is 0 Å². The smallest absolute Gasteiger partial charge is 0.137 e. The number of methoxy groups -OCH3 is 1. The van der Waals surface area contributed by atoms with Crippen LogP contribution in [-0.4, -0.2) is 7.11 Å². The van der Waals surface area contributed by atoms with Crippen molar-refractivity contribution in [1.29, 1.82) is 0 Å². The molecule has 0 aromatic heterocycles. The standard InChI is InChI=1S/C28H38F2O/c1-3-4-5-6-7-8-19-9-10-21-16-22(12-11-20(21)15-19)25-14-13-23-17-24(31-2)18-26(29)27(23)28(25)30/h13-14,17-22H,3-12,15-16H2,1-2H3. The van der Waals surface area contributed by atoms with Gasteiger partial charge in [0.25, 0.3) is 0 Å². The van der Waals surface area contributed by atoms with E-state index in [0.717, 1.165) is 24.7 Å². The van der Waals surface area contributed by atoms with Crippen molar-refractivity contribution < 1.29 is 13.5 Å². The van der Waals surface area contributed by atoms with Gasteiger partial charge in [0.1, 0.15) is 17.4 Å². The highest BCUT2D eigenvalue weighted by molar-refractivity contribution is 5.86. The third kappa shape index (κ3) is 5.07. The molecule has 4 rings (SSSR count). The molecule has 170 valence electrons. The molecule has 0 bridgehead atoms. The number of rotatable bonds is 8. The SMILES string of the molecule is CCCCCCCC1CCC2CC(c3ccc4cc(OC)cc(F)c4c3F)CCC2C1. The number of hydrogen-bond donors (Lipinski definition) is 0. The molecule has 2 aromatic carbocycles. The van der Waals surface area contributed by atoms with Crippen LogP contribution in [0.4, 0.5) is 8.78 Å². The molecule has 0 spiro atoms. The van der Waals surface area contributed by atoms with Gasteiger partial charge in [-0.1, -0.05) is 64.0 Å². The van der Waals surface area contributed by atoms with Crippen molar-refractivity contribution in [3.8, 4) is 5.75 Å². The maximum Gasteiger partial charge on any atom is 0.137 e. The van der Waals surface area contributed by atoms with Crippen molar-refractivity contribution in [2.24, 2.45) is 17.8 Å². The lowest BCUT2D eigenvalue weighted by atomic mass is 9.63. The third-order valence-electron chi connectivity index (χ3n) is 8.12. The lowest BCUT2D eigenvalue weighted by molar-refractivity contribution is 0.112. The van der Waals surface area contributed by atoms with Crippen LogP contribution in [-0.2, 0) is 0 Å². The summed E-state index contributed by atoms with van der Waals surface area (Å²) in [5.41, 5.74) is 0.716. The van der Waals surface area contributed by atoms with E-state index >= 15 is 4.39 Å². The summed E-state index contributed by atoms with van der Waals surface area (Å²) in [6, 6.07) is 6.76. The topological polar surface area (TPSA) is 9.23 Å². The first-order valence-corrected chi connectivity index (χ1v) is 12.6. The molecule has 3 heteroatoms. The first kappa shape index (κ1) is 22.6. The van der Waals surface area contributed by atoms with E-state index in [4.69, 9.17) is 4.74 Å². The molecule has 31 heavy (non-hydrogen) atoms. The van der Waals surface area contributed by atoms with E-state index in [0.29, 0.717) is 22.6 Å². The zero-order chi connectivity index (χ0) is 21.8. The Balaban J connectivity index is 1.39. The van der Waals surface area contributed by atoms with Gasteiger partial charge in [-0.15, -0.1) is 0 Å². The molecule has 2 aliphatic carbocycles. The van der Waals surface area contributed by atoms with Crippen molar-refractivity contribution in [2.75, 3.05) is 7.11 Å². The van der Waals surface area contributed by atoms with Crippen molar-refractivity contribution in [2.45, 2.75) is 89.9 Å². The van der Waals surface area contributed by atoms with Crippen LogP contribution in [0.5, 0.6) is 5.75 Å². The summed E-state index contributed by atoms with van der Waals surface area (Å²) in [6.45, 7) is 2.27. The predicted molar refractivity (Wildman–Crippen MR) is 125 cm³/mol. The number of ether oxygens (including phenoxy) is 1. The van der Waals surface area contributed by atoms with Crippen LogP contribution in [0.2, 0.25) is 0 Å². The Morgan fingerprint density at radius 1 is 0.903 bits per heavy atom. The summed E-state index contributed by atoms with van der Waals surface area (Å²) in [6.07, 6.45) is 15.6. The van der Waals surface area contributed by atoms with E-state index < -0.39 is 5.82 Å². The monoisotopic (exact) mass is 428 g/mol. The first-order valence-electron chi connectivity index (χ1n) is 12.6. The molecule has 0 radical (unpaired) electrons. The van der Waals surface area contributed by atoms with E-state index in [1.165, 1.54) is 77.4 Å². The Kier molecular flexibility index (Phi) is 7.51. The fraction of sp³-hybridized carbons (Fsp3) is 0.643. The Bertz CT molecular complexity index is 877. The number of hydrogen-bond acceptors (Lipinski definition) is 1. The molecule has 2 aromatic rings. The van der Waals surface area contributed by atoms with Gasteiger partial charge in [0.15, 0.2) is 0 Å². The Labute approximate surface area is 186 Å². The summed E-state index contributed by atoms with van der Waals surface area (Å²) in [5, 5.41) is 0.693. The lowest BCUT2D eigenvalue weighted by Gasteiger charge is -2.42. The van der Waals surface area contributed by atoms with E-state index in [-0.39, 0.29) is 17.1 Å². The molecule has 0 N–H and O–H groups in total. The second kappa shape index (κ2) is 10.3. The Morgan fingerprint density at radius 3 is 2.48 bits per heavy atom. The van der Waals surface area contributed by atoms with Crippen molar-refractivity contribution in [3.05, 3.63) is 41.5 Å². The molecular weight excluding hydrogens is 390 g/mol. The zero-order valence-corrected chi connectivity index (χ0v) is 19.3. The van der Waals surface area contributed by atoms with Crippen molar-refractivity contribution >= 4 is 10.8 Å². The van der Waals surface area contributed by atoms with E-state index in [9.17, 15) is 4.39 Å². The zero-order valence-electron chi connectivity index (χ0n) is 19.3. The quantitative estimate of drug-likeness (QED) is 0.382. The number of benzene rings is 2. The molecule has 0 amide bonds. The largest absolute Gasteiger partial charge is 0.497 e. The molecule has 0 aliphatic heterocycles. The summed E-state index contributed by atoms with van der Waals surface area (Å²) in [5.74, 6) is 2.20. The van der Waals surface area contributed by atoms with Crippen LogP contribution in [0, 0.1) is 29.4 Å². The minimum Gasteiger partial charge on any atom is -0.497 e. The van der Waals surface area contributed by atoms with Crippen molar-refractivity contribution in [1.82, 2.24) is 0 Å². The highest BCUT2D eigenvalue weighted by Crippen LogP contribution is 2.49. The van der Waals surface area contributed by atoms with Gasteiger partial charge in [-0.05, 0) is 72.8 Å². The van der Waals surface area contributed by atoms with Gasteiger partial charge in [0.2, 0.25) is 0 Å². The normalized spacial score (nSPS) is 26.1. The number of unbranched alkanes of at least 4 members (excludes halogenated alkanes) is 4. The Morgan fingerprint density at radius 2 is 1.68 bits per heavy atom. The molecule has 4 atom stereocenters. The molecular formula is C28H38F2O. The van der Waals surface area contributed by atoms with E-state index in [1.54, 1.807) is 6.07 Å². The van der Waals surface area contributed by atoms with Crippen LogP contribution >= 0.6 is 0 Å². The van der Waals surface area contributed by atoms with E-state index in [2.05, 4.69) is 6.92 Å². The van der Waals surface area contributed by atoms with E-state index in [1.807, 2.05) is 12.1 Å². The van der Waals surface area contributed by atoms with Crippen LogP contribution in [0.1, 0.15) is 95.5 Å². The minimum absolute atomic E-state index is 0.118. The molecule has 2 saturated carbocycles. The maximum absolute atomic E-state index is 15.4. The van der Waals surface area contributed by atoms with Gasteiger partial charge in [0, 0.05) is 6.07 Å². The van der Waals surface area contributed by atoms with Crippen LogP contribution in [0.15, 0.2) is 24.3 Å². The molecule has 1 nitrogen and oxygen atoms in total.